The number of nitrogens with zero attached hydrogens (tertiary/aromatic N) is 2. The van der Waals surface area contributed by atoms with Crippen LogP contribution in [0, 0.1) is 5.41 Å². The SMILES string of the molecule is CCOC(=O)Cn1c(Cc2ccc(C(=N)N)cc2)nc2ccc(NS(=O)(=O)c3ccc4ccccc4c3)cc21.Cl. The number of aromatic nitrogens is 2. The number of rotatable bonds is 9. The predicted octanol–water partition coefficient (Wildman–Crippen LogP) is 4.85. The number of sulfonamides is 1. The van der Waals surface area contributed by atoms with Gasteiger partial charge in [-0.2, -0.15) is 0 Å². The summed E-state index contributed by atoms with van der Waals surface area (Å²) in [5.74, 6) is 0.171. The number of benzene rings is 4. The molecule has 9 nitrogen and oxygen atoms in total. The molecular formula is C29H28ClN5O4S. The number of nitrogens with one attached hydrogen (secondary N) is 2. The third kappa shape index (κ3) is 6.08. The molecule has 0 aliphatic carbocycles. The van der Waals surface area contributed by atoms with E-state index in [-0.39, 0.29) is 36.3 Å². The molecule has 1 heterocycles. The van der Waals surface area contributed by atoms with E-state index in [9.17, 15) is 13.2 Å². The van der Waals surface area contributed by atoms with Crippen molar-refractivity contribution in [1.29, 1.82) is 5.41 Å². The van der Waals surface area contributed by atoms with Gasteiger partial charge in [0, 0.05) is 12.0 Å². The fourth-order valence-corrected chi connectivity index (χ4v) is 5.50. The van der Waals surface area contributed by atoms with Gasteiger partial charge < -0.3 is 15.0 Å². The molecule has 0 radical (unpaired) electrons. The van der Waals surface area contributed by atoms with Gasteiger partial charge in [-0.05, 0) is 53.6 Å². The Bertz CT molecular complexity index is 1820. The predicted molar refractivity (Wildman–Crippen MR) is 159 cm³/mol. The van der Waals surface area contributed by atoms with Crippen LogP contribution in [0.1, 0.15) is 23.9 Å². The third-order valence-corrected chi connectivity index (χ3v) is 7.71. The third-order valence-electron chi connectivity index (χ3n) is 6.33. The van der Waals surface area contributed by atoms with E-state index in [1.807, 2.05) is 36.4 Å². The molecule has 5 rings (SSSR count). The van der Waals surface area contributed by atoms with Crippen LogP contribution in [0.2, 0.25) is 0 Å². The number of nitrogen functional groups attached to an aromatic ring is 1. The highest BCUT2D eigenvalue weighted by Gasteiger charge is 2.19. The van der Waals surface area contributed by atoms with Crippen LogP contribution in [-0.4, -0.2) is 36.4 Å². The summed E-state index contributed by atoms with van der Waals surface area (Å²) in [7, 11) is -3.87. The van der Waals surface area contributed by atoms with Crippen LogP contribution in [0.4, 0.5) is 5.69 Å². The van der Waals surface area contributed by atoms with Gasteiger partial charge in [0.2, 0.25) is 0 Å². The van der Waals surface area contributed by atoms with Gasteiger partial charge in [-0.25, -0.2) is 13.4 Å². The lowest BCUT2D eigenvalue weighted by atomic mass is 10.1. The summed E-state index contributed by atoms with van der Waals surface area (Å²) in [5.41, 5.74) is 8.64. The van der Waals surface area contributed by atoms with Gasteiger partial charge in [-0.15, -0.1) is 12.4 Å². The molecule has 0 aliphatic heterocycles. The van der Waals surface area contributed by atoms with Crippen LogP contribution in [0.5, 0.6) is 0 Å². The number of imidazole rings is 1. The van der Waals surface area contributed by atoms with Crippen LogP contribution in [0.15, 0.2) is 89.8 Å². The molecule has 0 atom stereocenters. The standard InChI is InChI=1S/C29H27N5O4S.ClH/c1-2-38-28(35)18-34-26-17-23(33-39(36,37)24-13-11-20-5-3-4-6-22(20)16-24)12-14-25(26)32-27(34)15-19-7-9-21(10-8-19)29(30)31;/h3-14,16-17,33H,2,15,18H2,1H3,(H3,30,31);1H. The molecule has 4 N–H and O–H groups in total. The Morgan fingerprint density at radius 3 is 2.42 bits per heavy atom. The van der Waals surface area contributed by atoms with Crippen LogP contribution < -0.4 is 10.5 Å². The van der Waals surface area contributed by atoms with E-state index in [4.69, 9.17) is 20.9 Å². The van der Waals surface area contributed by atoms with E-state index >= 15 is 0 Å². The molecule has 0 amide bonds. The van der Waals surface area contributed by atoms with Crippen molar-refractivity contribution >= 4 is 61.7 Å². The normalized spacial score (nSPS) is 11.2. The minimum atomic E-state index is -3.87. The highest BCUT2D eigenvalue weighted by molar-refractivity contribution is 7.92. The first-order chi connectivity index (χ1) is 18.7. The fraction of sp³-hybridized carbons (Fsp3) is 0.138. The molecule has 0 unspecified atom stereocenters. The van der Waals surface area contributed by atoms with Crippen LogP contribution in [-0.2, 0) is 32.5 Å². The fourth-order valence-electron chi connectivity index (χ4n) is 4.42. The first kappa shape index (κ1) is 28.6. The summed E-state index contributed by atoms with van der Waals surface area (Å²) < 4.78 is 36.0. The van der Waals surface area contributed by atoms with Crippen molar-refractivity contribution in [1.82, 2.24) is 9.55 Å². The van der Waals surface area contributed by atoms with E-state index in [0.717, 1.165) is 16.3 Å². The number of ether oxygens (including phenoxy) is 1. The molecular weight excluding hydrogens is 550 g/mol. The summed E-state index contributed by atoms with van der Waals surface area (Å²) in [5, 5.41) is 9.36. The highest BCUT2D eigenvalue weighted by atomic mass is 35.5. The number of hydrogen-bond donors (Lipinski definition) is 3. The molecule has 4 aromatic carbocycles. The molecule has 11 heteroatoms. The molecule has 0 bridgehead atoms. The quantitative estimate of drug-likeness (QED) is 0.130. The summed E-state index contributed by atoms with van der Waals surface area (Å²) in [6, 6.07) is 24.8. The second-order valence-corrected chi connectivity index (χ2v) is 10.7. The van der Waals surface area contributed by atoms with Crippen molar-refractivity contribution in [3.63, 3.8) is 0 Å². The minimum absolute atomic E-state index is 0. The van der Waals surface area contributed by atoms with E-state index in [2.05, 4.69) is 4.72 Å². The van der Waals surface area contributed by atoms with Gasteiger partial charge >= 0.3 is 5.97 Å². The van der Waals surface area contributed by atoms with Crippen molar-refractivity contribution in [3.8, 4) is 0 Å². The molecule has 0 spiro atoms. The van der Waals surface area contributed by atoms with Crippen molar-refractivity contribution < 1.29 is 17.9 Å². The van der Waals surface area contributed by atoms with Gasteiger partial charge in [0.1, 0.15) is 18.2 Å². The monoisotopic (exact) mass is 577 g/mol. The number of halogens is 1. The number of hydrogen-bond acceptors (Lipinski definition) is 6. The maximum absolute atomic E-state index is 13.2. The first-order valence-corrected chi connectivity index (χ1v) is 13.8. The lowest BCUT2D eigenvalue weighted by Crippen LogP contribution is -2.16. The maximum atomic E-state index is 13.2. The maximum Gasteiger partial charge on any atom is 0.326 e. The average molecular weight is 578 g/mol. The van der Waals surface area contributed by atoms with Crippen molar-refractivity contribution in [3.05, 3.63) is 102 Å². The zero-order chi connectivity index (χ0) is 27.6. The Hall–Kier alpha value is -4.41. The molecule has 5 aromatic rings. The van der Waals surface area contributed by atoms with E-state index in [1.165, 1.54) is 0 Å². The number of amidine groups is 1. The number of esters is 1. The van der Waals surface area contributed by atoms with E-state index < -0.39 is 16.0 Å². The lowest BCUT2D eigenvalue weighted by Gasteiger charge is -2.11. The summed E-state index contributed by atoms with van der Waals surface area (Å²) in [6.07, 6.45) is 0.407. The molecule has 40 heavy (non-hydrogen) atoms. The lowest BCUT2D eigenvalue weighted by molar-refractivity contribution is -0.143. The Balaban J connectivity index is 0.00000370. The van der Waals surface area contributed by atoms with Gasteiger partial charge in [0.05, 0.1) is 28.2 Å². The van der Waals surface area contributed by atoms with Crippen molar-refractivity contribution in [2.24, 2.45) is 5.73 Å². The van der Waals surface area contributed by atoms with Crippen molar-refractivity contribution in [2.45, 2.75) is 24.8 Å². The minimum Gasteiger partial charge on any atom is -0.465 e. The Labute approximate surface area is 238 Å². The van der Waals surface area contributed by atoms with E-state index in [0.29, 0.717) is 34.5 Å². The van der Waals surface area contributed by atoms with Gasteiger partial charge in [-0.3, -0.25) is 14.9 Å². The zero-order valence-electron chi connectivity index (χ0n) is 21.6. The highest BCUT2D eigenvalue weighted by Crippen LogP contribution is 2.26. The second-order valence-electron chi connectivity index (χ2n) is 9.02. The van der Waals surface area contributed by atoms with Gasteiger partial charge in [-0.1, -0.05) is 54.6 Å². The molecule has 0 fully saturated rings. The zero-order valence-corrected chi connectivity index (χ0v) is 23.3. The largest absolute Gasteiger partial charge is 0.465 e. The van der Waals surface area contributed by atoms with Crippen molar-refractivity contribution in [2.75, 3.05) is 11.3 Å². The number of carbonyl (C=O) groups is 1. The van der Waals surface area contributed by atoms with Gasteiger partial charge in [0.25, 0.3) is 10.0 Å². The molecule has 1 aromatic heterocycles. The first-order valence-electron chi connectivity index (χ1n) is 12.3. The number of carbonyl (C=O) groups excluding carboxylic acids is 1. The summed E-state index contributed by atoms with van der Waals surface area (Å²) in [4.78, 5) is 17.3. The topological polar surface area (TPSA) is 140 Å². The molecule has 0 saturated carbocycles. The Morgan fingerprint density at radius 2 is 1.73 bits per heavy atom. The van der Waals surface area contributed by atoms with E-state index in [1.54, 1.807) is 60.0 Å². The second kappa shape index (κ2) is 11.8. The molecule has 206 valence electrons. The van der Waals surface area contributed by atoms with Crippen LogP contribution in [0.3, 0.4) is 0 Å². The summed E-state index contributed by atoms with van der Waals surface area (Å²) in [6.45, 7) is 1.90. The smallest absolute Gasteiger partial charge is 0.326 e. The number of fused-ring (bicyclic) bond motifs is 2. The van der Waals surface area contributed by atoms with Crippen LogP contribution >= 0.6 is 12.4 Å². The van der Waals surface area contributed by atoms with Crippen LogP contribution in [0.25, 0.3) is 21.8 Å². The molecule has 0 saturated heterocycles. The van der Waals surface area contributed by atoms with Gasteiger partial charge in [0.15, 0.2) is 0 Å². The average Bonchev–Trinajstić information content (AvgIpc) is 3.24. The Morgan fingerprint density at radius 1 is 1.00 bits per heavy atom. The summed E-state index contributed by atoms with van der Waals surface area (Å²) >= 11 is 0. The molecule has 0 aliphatic rings. The number of anilines is 1. The number of nitrogens with two attached hydrogens (primary N) is 1. The Kier molecular flexibility index (Phi) is 8.41.